The van der Waals surface area contributed by atoms with Crippen molar-refractivity contribution >= 4 is 28.6 Å². The molecule has 0 spiro atoms. The zero-order valence-corrected chi connectivity index (χ0v) is 18.1. The number of nitrogens with zero attached hydrogens (tertiary/aromatic N) is 2. The number of methoxy groups -OCH3 is 1. The van der Waals surface area contributed by atoms with E-state index in [1.807, 2.05) is 58.6 Å². The van der Waals surface area contributed by atoms with Crippen LogP contribution in [0.15, 0.2) is 53.2 Å². The lowest BCUT2D eigenvalue weighted by Crippen LogP contribution is -2.05. The number of carboxylic acid groups (broad SMARTS) is 1. The van der Waals surface area contributed by atoms with Crippen LogP contribution in [0.2, 0.25) is 0 Å². The van der Waals surface area contributed by atoms with Crippen molar-refractivity contribution in [2.75, 3.05) is 7.11 Å². The quantitative estimate of drug-likeness (QED) is 0.402. The normalized spacial score (nSPS) is 10.9. The number of aromatic carboxylic acids is 1. The molecule has 0 aliphatic rings. The van der Waals surface area contributed by atoms with Gasteiger partial charge in [-0.2, -0.15) is 0 Å². The van der Waals surface area contributed by atoms with Gasteiger partial charge in [-0.15, -0.1) is 22.7 Å². The fourth-order valence-corrected chi connectivity index (χ4v) is 4.54. The maximum absolute atomic E-state index is 11.7. The smallest absolute Gasteiger partial charge is 0.337 e. The van der Waals surface area contributed by atoms with E-state index in [0.717, 1.165) is 38.5 Å². The molecule has 4 rings (SSSR count). The van der Waals surface area contributed by atoms with Crippen molar-refractivity contribution in [3.63, 3.8) is 0 Å². The van der Waals surface area contributed by atoms with E-state index in [9.17, 15) is 9.90 Å². The molecule has 1 aromatic carbocycles. The maximum Gasteiger partial charge on any atom is 0.337 e. The second kappa shape index (κ2) is 8.73. The second-order valence-corrected chi connectivity index (χ2v) is 8.56. The molecule has 154 valence electrons. The highest BCUT2D eigenvalue weighted by molar-refractivity contribution is 7.10. The Labute approximate surface area is 182 Å². The number of carboxylic acids is 1. The summed E-state index contributed by atoms with van der Waals surface area (Å²) in [6.07, 6.45) is 0. The van der Waals surface area contributed by atoms with E-state index < -0.39 is 5.97 Å². The SMILES string of the molecule is COc1ccc(OCc2nc(-c3cc(C(=O)O)c(C)n3Cc3cccs3)cs2)cc1. The van der Waals surface area contributed by atoms with Gasteiger partial charge in [-0.05, 0) is 48.7 Å². The van der Waals surface area contributed by atoms with Crippen molar-refractivity contribution in [3.8, 4) is 22.9 Å². The molecule has 6 nitrogen and oxygen atoms in total. The van der Waals surface area contributed by atoms with Gasteiger partial charge in [0, 0.05) is 16.0 Å². The Balaban J connectivity index is 1.57. The lowest BCUT2D eigenvalue weighted by Gasteiger charge is -2.09. The van der Waals surface area contributed by atoms with E-state index >= 15 is 0 Å². The zero-order chi connectivity index (χ0) is 21.1. The molecule has 30 heavy (non-hydrogen) atoms. The summed E-state index contributed by atoms with van der Waals surface area (Å²) in [6.45, 7) is 2.79. The van der Waals surface area contributed by atoms with Gasteiger partial charge in [-0.3, -0.25) is 0 Å². The first kappa shape index (κ1) is 20.2. The van der Waals surface area contributed by atoms with Crippen LogP contribution in [0.25, 0.3) is 11.4 Å². The van der Waals surface area contributed by atoms with Crippen LogP contribution in [0.5, 0.6) is 11.5 Å². The number of ether oxygens (including phenoxy) is 2. The largest absolute Gasteiger partial charge is 0.497 e. The molecule has 3 heterocycles. The summed E-state index contributed by atoms with van der Waals surface area (Å²) in [5, 5.41) is 14.4. The molecule has 0 saturated carbocycles. The molecule has 8 heteroatoms. The third-order valence-electron chi connectivity index (χ3n) is 4.73. The molecule has 0 amide bonds. The number of hydrogen-bond acceptors (Lipinski definition) is 6. The Kier molecular flexibility index (Phi) is 5.87. The number of hydrogen-bond donors (Lipinski definition) is 1. The van der Waals surface area contributed by atoms with Gasteiger partial charge in [-0.1, -0.05) is 6.07 Å². The second-order valence-electron chi connectivity index (χ2n) is 6.59. The van der Waals surface area contributed by atoms with E-state index in [1.165, 1.54) is 11.3 Å². The monoisotopic (exact) mass is 440 g/mol. The molecule has 0 aliphatic carbocycles. The lowest BCUT2D eigenvalue weighted by atomic mass is 10.2. The van der Waals surface area contributed by atoms with Crippen molar-refractivity contribution < 1.29 is 19.4 Å². The first-order valence-electron chi connectivity index (χ1n) is 9.22. The van der Waals surface area contributed by atoms with E-state index in [0.29, 0.717) is 18.7 Å². The Bertz CT molecular complexity index is 1140. The molecule has 3 aromatic heterocycles. The third-order valence-corrected chi connectivity index (χ3v) is 6.41. The molecule has 0 saturated heterocycles. The summed E-state index contributed by atoms with van der Waals surface area (Å²) in [5.74, 6) is 0.574. The Morgan fingerprint density at radius 3 is 2.60 bits per heavy atom. The third kappa shape index (κ3) is 4.24. The maximum atomic E-state index is 11.7. The summed E-state index contributed by atoms with van der Waals surface area (Å²) < 4.78 is 13.0. The van der Waals surface area contributed by atoms with Crippen LogP contribution in [-0.4, -0.2) is 27.7 Å². The molecular weight excluding hydrogens is 420 g/mol. The Morgan fingerprint density at radius 2 is 1.93 bits per heavy atom. The molecule has 0 unspecified atom stereocenters. The molecular formula is C22H20N2O4S2. The first-order valence-corrected chi connectivity index (χ1v) is 11.0. The zero-order valence-electron chi connectivity index (χ0n) is 16.5. The molecule has 0 fully saturated rings. The van der Waals surface area contributed by atoms with Crippen molar-refractivity contribution in [2.24, 2.45) is 0 Å². The molecule has 0 bridgehead atoms. The van der Waals surface area contributed by atoms with Crippen LogP contribution >= 0.6 is 22.7 Å². The molecule has 1 N–H and O–H groups in total. The predicted octanol–water partition coefficient (Wildman–Crippen LogP) is 5.32. The van der Waals surface area contributed by atoms with Gasteiger partial charge in [0.25, 0.3) is 0 Å². The highest BCUT2D eigenvalue weighted by Gasteiger charge is 2.20. The lowest BCUT2D eigenvalue weighted by molar-refractivity contribution is 0.0696. The average molecular weight is 441 g/mol. The molecule has 0 atom stereocenters. The van der Waals surface area contributed by atoms with Gasteiger partial charge in [-0.25, -0.2) is 9.78 Å². The number of aromatic nitrogens is 2. The van der Waals surface area contributed by atoms with Gasteiger partial charge in [0.2, 0.25) is 0 Å². The number of thiophene rings is 1. The minimum absolute atomic E-state index is 0.297. The van der Waals surface area contributed by atoms with E-state index in [1.54, 1.807) is 24.5 Å². The summed E-state index contributed by atoms with van der Waals surface area (Å²) in [4.78, 5) is 17.5. The van der Waals surface area contributed by atoms with Gasteiger partial charge in [0.05, 0.1) is 30.6 Å². The fraction of sp³-hybridized carbons (Fsp3) is 0.182. The highest BCUT2D eigenvalue weighted by atomic mass is 32.1. The van der Waals surface area contributed by atoms with Gasteiger partial charge in [0.15, 0.2) is 0 Å². The number of carbonyl (C=O) groups is 1. The number of rotatable bonds is 8. The highest BCUT2D eigenvalue weighted by Crippen LogP contribution is 2.29. The van der Waals surface area contributed by atoms with Crippen molar-refractivity contribution in [1.82, 2.24) is 9.55 Å². The van der Waals surface area contributed by atoms with Crippen LogP contribution in [0.4, 0.5) is 0 Å². The summed E-state index contributed by atoms with van der Waals surface area (Å²) in [6, 6.07) is 13.1. The van der Waals surface area contributed by atoms with E-state index in [4.69, 9.17) is 14.5 Å². The van der Waals surface area contributed by atoms with Gasteiger partial charge in [0.1, 0.15) is 23.1 Å². The minimum Gasteiger partial charge on any atom is -0.497 e. The molecule has 0 aliphatic heterocycles. The van der Waals surface area contributed by atoms with Gasteiger partial charge < -0.3 is 19.1 Å². The van der Waals surface area contributed by atoms with Gasteiger partial charge >= 0.3 is 5.97 Å². The Hall–Kier alpha value is -3.10. The predicted molar refractivity (Wildman–Crippen MR) is 118 cm³/mol. The fourth-order valence-electron chi connectivity index (χ4n) is 3.15. The van der Waals surface area contributed by atoms with E-state index in [2.05, 4.69) is 0 Å². The summed E-state index contributed by atoms with van der Waals surface area (Å²) in [5.41, 5.74) is 2.56. The van der Waals surface area contributed by atoms with Crippen LogP contribution in [0.3, 0.4) is 0 Å². The average Bonchev–Trinajstić information content (AvgIpc) is 3.49. The standard InChI is InChI=1S/C22H20N2O4S2/c1-14-18(22(25)26)10-20(24(14)11-17-4-3-9-29-17)19-13-30-21(23-19)12-28-16-7-5-15(27-2)6-8-16/h3-10,13H,11-12H2,1-2H3,(H,25,26). The molecule has 4 aromatic rings. The van der Waals surface area contributed by atoms with Crippen LogP contribution in [0.1, 0.15) is 25.9 Å². The molecule has 0 radical (unpaired) electrons. The van der Waals surface area contributed by atoms with Crippen molar-refractivity contribution in [1.29, 1.82) is 0 Å². The first-order chi connectivity index (χ1) is 14.5. The van der Waals surface area contributed by atoms with Crippen LogP contribution in [0, 0.1) is 6.92 Å². The van der Waals surface area contributed by atoms with Crippen LogP contribution < -0.4 is 9.47 Å². The Morgan fingerprint density at radius 1 is 1.17 bits per heavy atom. The van der Waals surface area contributed by atoms with Crippen molar-refractivity contribution in [2.45, 2.75) is 20.1 Å². The van der Waals surface area contributed by atoms with E-state index in [-0.39, 0.29) is 0 Å². The minimum atomic E-state index is -0.933. The summed E-state index contributed by atoms with van der Waals surface area (Å²) >= 11 is 3.14. The van der Waals surface area contributed by atoms with Crippen LogP contribution in [-0.2, 0) is 13.2 Å². The number of benzene rings is 1. The summed E-state index contributed by atoms with van der Waals surface area (Å²) in [7, 11) is 1.62. The number of thiazole rings is 1. The van der Waals surface area contributed by atoms with Crippen molar-refractivity contribution in [3.05, 3.63) is 74.4 Å². The topological polar surface area (TPSA) is 73.6 Å².